The Hall–Kier alpha value is -1.10. The molecular weight excluding hydrogens is 337 g/mol. The molecule has 3 nitrogen and oxygen atoms in total. The van der Waals surface area contributed by atoms with E-state index in [-0.39, 0.29) is 18.5 Å². The zero-order valence-corrected chi connectivity index (χ0v) is 14.2. The molecule has 1 aromatic rings. The van der Waals surface area contributed by atoms with Gasteiger partial charge < -0.3 is 9.64 Å². The zero-order chi connectivity index (χ0) is 15.6. The van der Waals surface area contributed by atoms with E-state index < -0.39 is 5.60 Å². The highest BCUT2D eigenvalue weighted by atomic mass is 79.9. The van der Waals surface area contributed by atoms with Gasteiger partial charge in [-0.05, 0) is 51.7 Å². The highest BCUT2D eigenvalue weighted by Gasteiger charge is 2.30. The Morgan fingerprint density at radius 2 is 2.10 bits per heavy atom. The van der Waals surface area contributed by atoms with E-state index in [0.717, 1.165) is 12.8 Å². The minimum absolute atomic E-state index is 0.221. The first-order chi connectivity index (χ1) is 9.76. The lowest BCUT2D eigenvalue weighted by molar-refractivity contribution is 0.0222. The van der Waals surface area contributed by atoms with E-state index in [2.05, 4.69) is 15.9 Å². The van der Waals surface area contributed by atoms with Crippen LogP contribution in [0, 0.1) is 11.7 Å². The van der Waals surface area contributed by atoms with Crippen LogP contribution in [0.15, 0.2) is 22.7 Å². The van der Waals surface area contributed by atoms with Gasteiger partial charge in [0.1, 0.15) is 11.4 Å². The summed E-state index contributed by atoms with van der Waals surface area (Å²) in [6.45, 7) is 6.34. The molecule has 1 aromatic carbocycles. The van der Waals surface area contributed by atoms with Crippen molar-refractivity contribution in [1.82, 2.24) is 4.90 Å². The van der Waals surface area contributed by atoms with E-state index >= 15 is 0 Å². The topological polar surface area (TPSA) is 29.5 Å². The second-order valence-corrected chi connectivity index (χ2v) is 7.36. The second-order valence-electron chi connectivity index (χ2n) is 6.50. The summed E-state index contributed by atoms with van der Waals surface area (Å²) in [7, 11) is 0. The average Bonchev–Trinajstić information content (AvgIpc) is 3.14. The van der Waals surface area contributed by atoms with Gasteiger partial charge in [0.15, 0.2) is 0 Å². The third-order valence-electron chi connectivity index (χ3n) is 3.24. The minimum Gasteiger partial charge on any atom is -0.444 e. The van der Waals surface area contributed by atoms with Gasteiger partial charge in [0.2, 0.25) is 0 Å². The Morgan fingerprint density at radius 1 is 1.43 bits per heavy atom. The summed E-state index contributed by atoms with van der Waals surface area (Å²) in [5.41, 5.74) is -0.0604. The molecule has 1 amide bonds. The summed E-state index contributed by atoms with van der Waals surface area (Å²) in [5.74, 6) is 0.205. The van der Waals surface area contributed by atoms with Crippen molar-refractivity contribution in [1.29, 1.82) is 0 Å². The largest absolute Gasteiger partial charge is 0.444 e. The van der Waals surface area contributed by atoms with Gasteiger partial charge in [0.25, 0.3) is 0 Å². The smallest absolute Gasteiger partial charge is 0.410 e. The van der Waals surface area contributed by atoms with Gasteiger partial charge in [-0.3, -0.25) is 0 Å². The Labute approximate surface area is 133 Å². The van der Waals surface area contributed by atoms with Crippen LogP contribution in [0.25, 0.3) is 0 Å². The standard InChI is InChI=1S/C16H21BrFNO2/c1-16(2,3)21-15(20)19(9-11-7-8-11)10-12-13(17)5-4-6-14(12)18/h4-6,11H,7-10H2,1-3H3. The quantitative estimate of drug-likeness (QED) is 0.778. The van der Waals surface area contributed by atoms with Crippen LogP contribution in [0.1, 0.15) is 39.2 Å². The van der Waals surface area contributed by atoms with Crippen molar-refractivity contribution in [3.8, 4) is 0 Å². The first-order valence-corrected chi connectivity index (χ1v) is 7.96. The van der Waals surface area contributed by atoms with Crippen LogP contribution < -0.4 is 0 Å². The van der Waals surface area contributed by atoms with Crippen LogP contribution in [-0.2, 0) is 11.3 Å². The summed E-state index contributed by atoms with van der Waals surface area (Å²) in [6, 6.07) is 4.83. The fraction of sp³-hybridized carbons (Fsp3) is 0.562. The summed E-state index contributed by atoms with van der Waals surface area (Å²) in [5, 5.41) is 0. The first-order valence-electron chi connectivity index (χ1n) is 7.17. The van der Waals surface area contributed by atoms with E-state index in [9.17, 15) is 9.18 Å². The fourth-order valence-corrected chi connectivity index (χ4v) is 2.48. The molecule has 0 unspecified atom stereocenters. The number of amides is 1. The molecule has 1 aliphatic carbocycles. The molecule has 1 fully saturated rings. The second kappa shape index (κ2) is 6.34. The maximum Gasteiger partial charge on any atom is 0.410 e. The van der Waals surface area contributed by atoms with Crippen molar-refractivity contribution in [3.05, 3.63) is 34.1 Å². The maximum absolute atomic E-state index is 14.0. The third-order valence-corrected chi connectivity index (χ3v) is 3.98. The van der Waals surface area contributed by atoms with Crippen molar-refractivity contribution in [2.24, 2.45) is 5.92 Å². The molecule has 21 heavy (non-hydrogen) atoms. The zero-order valence-electron chi connectivity index (χ0n) is 12.7. The van der Waals surface area contributed by atoms with E-state index in [1.165, 1.54) is 6.07 Å². The molecule has 0 aromatic heterocycles. The number of hydrogen-bond donors (Lipinski definition) is 0. The molecule has 0 N–H and O–H groups in total. The van der Waals surface area contributed by atoms with Gasteiger partial charge in [-0.2, -0.15) is 0 Å². The predicted octanol–water partition coefficient (Wildman–Crippen LogP) is 4.74. The van der Waals surface area contributed by atoms with E-state index in [0.29, 0.717) is 22.5 Å². The number of carbonyl (C=O) groups is 1. The van der Waals surface area contributed by atoms with Gasteiger partial charge >= 0.3 is 6.09 Å². The molecule has 1 saturated carbocycles. The van der Waals surface area contributed by atoms with Crippen LogP contribution in [0.4, 0.5) is 9.18 Å². The van der Waals surface area contributed by atoms with Gasteiger partial charge in [0, 0.05) is 16.6 Å². The summed E-state index contributed by atoms with van der Waals surface area (Å²) < 4.78 is 20.1. The first kappa shape index (κ1) is 16.3. The summed E-state index contributed by atoms with van der Waals surface area (Å²) in [6.07, 6.45) is 1.86. The molecule has 116 valence electrons. The van der Waals surface area contributed by atoms with E-state index in [1.807, 2.05) is 20.8 Å². The molecule has 0 atom stereocenters. The predicted molar refractivity (Wildman–Crippen MR) is 83.5 cm³/mol. The molecule has 5 heteroatoms. The lowest BCUT2D eigenvalue weighted by Crippen LogP contribution is -2.37. The number of halogens is 2. The molecule has 1 aliphatic rings. The fourth-order valence-electron chi connectivity index (χ4n) is 2.02. The van der Waals surface area contributed by atoms with Crippen LogP contribution in [0.5, 0.6) is 0 Å². The van der Waals surface area contributed by atoms with E-state index in [1.54, 1.807) is 17.0 Å². The minimum atomic E-state index is -0.550. The maximum atomic E-state index is 14.0. The number of carbonyl (C=O) groups excluding carboxylic acids is 1. The monoisotopic (exact) mass is 357 g/mol. The Balaban J connectivity index is 2.14. The lowest BCUT2D eigenvalue weighted by Gasteiger charge is -2.28. The Morgan fingerprint density at radius 3 is 2.62 bits per heavy atom. The van der Waals surface area contributed by atoms with Crippen LogP contribution >= 0.6 is 15.9 Å². The summed E-state index contributed by atoms with van der Waals surface area (Å²) in [4.78, 5) is 13.9. The molecule has 0 heterocycles. The van der Waals surface area contributed by atoms with Crippen molar-refractivity contribution >= 4 is 22.0 Å². The van der Waals surface area contributed by atoms with Gasteiger partial charge in [-0.15, -0.1) is 0 Å². The van der Waals surface area contributed by atoms with Gasteiger partial charge in [-0.25, -0.2) is 9.18 Å². The number of nitrogens with zero attached hydrogens (tertiary/aromatic N) is 1. The highest BCUT2D eigenvalue weighted by molar-refractivity contribution is 9.10. The third kappa shape index (κ3) is 4.99. The molecule has 0 saturated heterocycles. The summed E-state index contributed by atoms with van der Waals surface area (Å²) >= 11 is 3.35. The molecule has 0 radical (unpaired) electrons. The Kier molecular flexibility index (Phi) is 4.91. The van der Waals surface area contributed by atoms with Gasteiger partial charge in [-0.1, -0.05) is 22.0 Å². The number of hydrogen-bond acceptors (Lipinski definition) is 2. The van der Waals surface area contributed by atoms with Gasteiger partial charge in [0.05, 0.1) is 6.54 Å². The average molecular weight is 358 g/mol. The van der Waals surface area contributed by atoms with E-state index in [4.69, 9.17) is 4.74 Å². The number of benzene rings is 1. The lowest BCUT2D eigenvalue weighted by atomic mass is 10.2. The number of ether oxygens (including phenoxy) is 1. The number of rotatable bonds is 4. The SMILES string of the molecule is CC(C)(C)OC(=O)N(Cc1c(F)cccc1Br)CC1CC1. The molecule has 0 bridgehead atoms. The molecule has 2 rings (SSSR count). The van der Waals surface area contributed by atoms with Crippen molar-refractivity contribution in [3.63, 3.8) is 0 Å². The van der Waals surface area contributed by atoms with Crippen molar-refractivity contribution in [2.45, 2.75) is 45.8 Å². The van der Waals surface area contributed by atoms with Crippen LogP contribution in [0.2, 0.25) is 0 Å². The Bertz CT molecular complexity index is 503. The van der Waals surface area contributed by atoms with Crippen LogP contribution in [0.3, 0.4) is 0 Å². The molecule has 0 spiro atoms. The van der Waals surface area contributed by atoms with Crippen molar-refractivity contribution in [2.75, 3.05) is 6.54 Å². The molecule has 0 aliphatic heterocycles. The highest BCUT2D eigenvalue weighted by Crippen LogP contribution is 2.31. The van der Waals surface area contributed by atoms with Crippen molar-refractivity contribution < 1.29 is 13.9 Å². The normalized spacial score (nSPS) is 14.9. The van der Waals surface area contributed by atoms with Crippen LogP contribution in [-0.4, -0.2) is 23.1 Å². The molecular formula is C16H21BrFNO2.